The highest BCUT2D eigenvalue weighted by Gasteiger charge is 2.31. The summed E-state index contributed by atoms with van der Waals surface area (Å²) in [4.78, 5) is 24.3. The largest absolute Gasteiger partial charge is 0.350 e. The highest BCUT2D eigenvalue weighted by Crippen LogP contribution is 2.39. The van der Waals surface area contributed by atoms with Crippen LogP contribution in [0.5, 0.6) is 0 Å². The van der Waals surface area contributed by atoms with E-state index >= 15 is 0 Å². The quantitative estimate of drug-likeness (QED) is 0.845. The van der Waals surface area contributed by atoms with Crippen LogP contribution in [0.2, 0.25) is 0 Å². The molecule has 0 radical (unpaired) electrons. The lowest BCUT2D eigenvalue weighted by atomic mass is 10.3. The monoisotopic (exact) mass is 329 g/mol. The predicted molar refractivity (Wildman–Crippen MR) is 91.5 cm³/mol. The molecule has 2 amide bonds. The maximum atomic E-state index is 12.7. The van der Waals surface area contributed by atoms with Crippen molar-refractivity contribution in [2.45, 2.75) is 45.2 Å². The second kappa shape index (κ2) is 6.90. The van der Waals surface area contributed by atoms with Crippen molar-refractivity contribution in [3.8, 4) is 5.69 Å². The number of benzene rings is 1. The van der Waals surface area contributed by atoms with Gasteiger partial charge in [-0.05, 0) is 38.8 Å². The van der Waals surface area contributed by atoms with Crippen molar-refractivity contribution in [2.75, 3.05) is 6.54 Å². The van der Waals surface area contributed by atoms with Crippen LogP contribution in [0, 0.1) is 0 Å². The van der Waals surface area contributed by atoms with Gasteiger partial charge >= 0.3 is 11.7 Å². The fraction of sp³-hybridized carbons (Fsp3) is 0.471. The van der Waals surface area contributed by atoms with E-state index in [1.165, 1.54) is 4.68 Å². The Kier molecular flexibility index (Phi) is 4.69. The van der Waals surface area contributed by atoms with Crippen molar-refractivity contribution in [1.82, 2.24) is 25.0 Å². The van der Waals surface area contributed by atoms with E-state index in [-0.39, 0.29) is 17.8 Å². The third kappa shape index (κ3) is 3.67. The molecule has 2 aromatic rings. The third-order valence-electron chi connectivity index (χ3n) is 3.85. The van der Waals surface area contributed by atoms with Crippen LogP contribution in [0.1, 0.15) is 38.4 Å². The van der Waals surface area contributed by atoms with Crippen LogP contribution in [0.15, 0.2) is 35.1 Å². The zero-order chi connectivity index (χ0) is 17.1. The van der Waals surface area contributed by atoms with Gasteiger partial charge in [0, 0.05) is 18.5 Å². The van der Waals surface area contributed by atoms with Crippen molar-refractivity contribution in [2.24, 2.45) is 0 Å². The molecule has 0 bridgehead atoms. The predicted octanol–water partition coefficient (Wildman–Crippen LogP) is 1.62. The summed E-state index contributed by atoms with van der Waals surface area (Å²) in [6, 6.07) is 9.41. The van der Waals surface area contributed by atoms with Gasteiger partial charge in [-0.25, -0.2) is 18.8 Å². The molecule has 128 valence electrons. The fourth-order valence-corrected chi connectivity index (χ4v) is 2.58. The molecule has 1 heterocycles. The maximum absolute atomic E-state index is 12.7. The molecule has 1 aliphatic rings. The van der Waals surface area contributed by atoms with Crippen LogP contribution < -0.4 is 16.3 Å². The highest BCUT2D eigenvalue weighted by atomic mass is 16.2. The molecule has 1 fully saturated rings. The Bertz CT molecular complexity index is 759. The van der Waals surface area contributed by atoms with Gasteiger partial charge in [-0.3, -0.25) is 0 Å². The van der Waals surface area contributed by atoms with Crippen LogP contribution in [-0.4, -0.2) is 33.0 Å². The summed E-state index contributed by atoms with van der Waals surface area (Å²) in [5.74, 6) is 1.18. The number of carbonyl (C=O) groups is 1. The number of aromatic nitrogens is 3. The summed E-state index contributed by atoms with van der Waals surface area (Å²) in [5.41, 5.74) is 0.676. The maximum Gasteiger partial charge on any atom is 0.350 e. The SMILES string of the molecule is CC(C)NC(=O)NCCn1nc(C2CC2)n(-c2ccccc2)c1=O. The second-order valence-electron chi connectivity index (χ2n) is 6.36. The van der Waals surface area contributed by atoms with Crippen LogP contribution in [-0.2, 0) is 6.54 Å². The molecule has 7 nitrogen and oxygen atoms in total. The molecule has 0 saturated heterocycles. The van der Waals surface area contributed by atoms with Crippen molar-refractivity contribution >= 4 is 6.03 Å². The average Bonchev–Trinajstić information content (AvgIpc) is 3.33. The molecule has 1 saturated carbocycles. The molecular formula is C17H23N5O2. The normalized spacial score (nSPS) is 14.0. The number of para-hydroxylation sites is 1. The minimum absolute atomic E-state index is 0.0754. The molecule has 1 aromatic heterocycles. The number of nitrogens with zero attached hydrogens (tertiary/aromatic N) is 3. The van der Waals surface area contributed by atoms with Crippen LogP contribution in [0.4, 0.5) is 4.79 Å². The first-order valence-electron chi connectivity index (χ1n) is 8.36. The third-order valence-corrected chi connectivity index (χ3v) is 3.85. The molecular weight excluding hydrogens is 306 g/mol. The molecule has 1 aliphatic carbocycles. The number of hydrogen-bond acceptors (Lipinski definition) is 3. The Morgan fingerprint density at radius 1 is 1.29 bits per heavy atom. The summed E-state index contributed by atoms with van der Waals surface area (Å²) in [5, 5.41) is 10.00. The van der Waals surface area contributed by atoms with Crippen LogP contribution >= 0.6 is 0 Å². The molecule has 24 heavy (non-hydrogen) atoms. The van der Waals surface area contributed by atoms with Gasteiger partial charge in [-0.1, -0.05) is 18.2 Å². The molecule has 0 unspecified atom stereocenters. The molecule has 7 heteroatoms. The minimum Gasteiger partial charge on any atom is -0.336 e. The zero-order valence-corrected chi connectivity index (χ0v) is 14.0. The van der Waals surface area contributed by atoms with Gasteiger partial charge in [0.1, 0.15) is 5.82 Å². The molecule has 2 N–H and O–H groups in total. The standard InChI is InChI=1S/C17H23N5O2/c1-12(2)19-16(23)18-10-11-21-17(24)22(14-6-4-3-5-7-14)15(20-21)13-8-9-13/h3-7,12-13H,8-11H2,1-2H3,(H2,18,19,23). The van der Waals surface area contributed by atoms with Gasteiger partial charge in [0.05, 0.1) is 12.2 Å². The second-order valence-corrected chi connectivity index (χ2v) is 6.36. The van der Waals surface area contributed by atoms with Crippen molar-refractivity contribution in [1.29, 1.82) is 0 Å². The van der Waals surface area contributed by atoms with E-state index in [0.29, 0.717) is 19.0 Å². The Balaban J connectivity index is 1.75. The number of amides is 2. The van der Waals surface area contributed by atoms with Gasteiger partial charge < -0.3 is 10.6 Å². The zero-order valence-electron chi connectivity index (χ0n) is 14.0. The first-order valence-corrected chi connectivity index (χ1v) is 8.36. The lowest BCUT2D eigenvalue weighted by molar-refractivity contribution is 0.238. The van der Waals surface area contributed by atoms with E-state index in [1.54, 1.807) is 4.57 Å². The number of hydrogen-bond donors (Lipinski definition) is 2. The molecule has 3 rings (SSSR count). The summed E-state index contributed by atoms with van der Waals surface area (Å²) < 4.78 is 3.13. The lowest BCUT2D eigenvalue weighted by Gasteiger charge is -2.09. The summed E-state index contributed by atoms with van der Waals surface area (Å²) in [6.45, 7) is 4.50. The van der Waals surface area contributed by atoms with E-state index in [0.717, 1.165) is 24.4 Å². The minimum atomic E-state index is -0.233. The van der Waals surface area contributed by atoms with Gasteiger partial charge in [0.15, 0.2) is 0 Å². The fourth-order valence-electron chi connectivity index (χ4n) is 2.58. The summed E-state index contributed by atoms with van der Waals surface area (Å²) in [7, 11) is 0. The van der Waals surface area contributed by atoms with Crippen molar-refractivity contribution in [3.05, 3.63) is 46.6 Å². The van der Waals surface area contributed by atoms with Gasteiger partial charge in [-0.2, -0.15) is 5.10 Å². The first kappa shape index (κ1) is 16.3. The number of nitrogens with one attached hydrogen (secondary N) is 2. The van der Waals surface area contributed by atoms with E-state index in [1.807, 2.05) is 44.2 Å². The average molecular weight is 329 g/mol. The molecule has 0 aliphatic heterocycles. The van der Waals surface area contributed by atoms with E-state index in [9.17, 15) is 9.59 Å². The number of carbonyl (C=O) groups excluding carboxylic acids is 1. The summed E-state index contributed by atoms with van der Waals surface area (Å²) >= 11 is 0. The Morgan fingerprint density at radius 3 is 2.62 bits per heavy atom. The summed E-state index contributed by atoms with van der Waals surface area (Å²) in [6.07, 6.45) is 2.14. The van der Waals surface area contributed by atoms with Gasteiger partial charge in [0.25, 0.3) is 0 Å². The Labute approximate surface area is 140 Å². The van der Waals surface area contributed by atoms with Crippen LogP contribution in [0.3, 0.4) is 0 Å². The number of rotatable bonds is 6. The van der Waals surface area contributed by atoms with Crippen molar-refractivity contribution < 1.29 is 4.79 Å². The van der Waals surface area contributed by atoms with E-state index in [2.05, 4.69) is 15.7 Å². The van der Waals surface area contributed by atoms with E-state index in [4.69, 9.17) is 0 Å². The molecule has 0 atom stereocenters. The lowest BCUT2D eigenvalue weighted by Crippen LogP contribution is -2.41. The molecule has 1 aromatic carbocycles. The first-order chi connectivity index (χ1) is 11.6. The number of urea groups is 1. The Hall–Kier alpha value is -2.57. The van der Waals surface area contributed by atoms with Gasteiger partial charge in [-0.15, -0.1) is 0 Å². The van der Waals surface area contributed by atoms with Gasteiger partial charge in [0.2, 0.25) is 0 Å². The topological polar surface area (TPSA) is 81.0 Å². The van der Waals surface area contributed by atoms with Crippen LogP contribution in [0.25, 0.3) is 5.69 Å². The smallest absolute Gasteiger partial charge is 0.336 e. The van der Waals surface area contributed by atoms with E-state index < -0.39 is 0 Å². The van der Waals surface area contributed by atoms with Crippen molar-refractivity contribution in [3.63, 3.8) is 0 Å². The Morgan fingerprint density at radius 2 is 2.00 bits per heavy atom. The highest BCUT2D eigenvalue weighted by molar-refractivity contribution is 5.73. The molecule has 0 spiro atoms.